The van der Waals surface area contributed by atoms with Gasteiger partial charge in [-0.2, -0.15) is 0 Å². The fourth-order valence-electron chi connectivity index (χ4n) is 3.98. The molecule has 6 nitrogen and oxygen atoms in total. The van der Waals surface area contributed by atoms with E-state index in [0.29, 0.717) is 13.1 Å². The molecule has 1 amide bonds. The standard InChI is InChI=1S/C16H23FN2O2.C11H15FN2/c1-16(2,3)21-15(20)19-10-8-18(9-11-19)12-13-4-6-14(17)7-5-13;12-11-3-1-10(2-4-11)9-14-7-5-13-6-8-14/h4-7H,8-12H2,1-3H3;1-4,13H,5-9H2. The summed E-state index contributed by atoms with van der Waals surface area (Å²) in [5, 5.41) is 3.31. The summed E-state index contributed by atoms with van der Waals surface area (Å²) >= 11 is 0. The Balaban J connectivity index is 0.000000211. The molecule has 0 aromatic heterocycles. The van der Waals surface area contributed by atoms with Crippen molar-refractivity contribution in [3.8, 4) is 0 Å². The number of carbonyl (C=O) groups is 1. The highest BCUT2D eigenvalue weighted by Gasteiger charge is 2.25. The minimum atomic E-state index is -0.456. The number of amides is 1. The average Bonchev–Trinajstić information content (AvgIpc) is 2.83. The van der Waals surface area contributed by atoms with Crippen LogP contribution in [0.25, 0.3) is 0 Å². The van der Waals surface area contributed by atoms with Crippen LogP contribution in [0, 0.1) is 11.6 Å². The molecule has 2 heterocycles. The van der Waals surface area contributed by atoms with E-state index in [1.807, 2.05) is 32.9 Å². The second kappa shape index (κ2) is 13.0. The smallest absolute Gasteiger partial charge is 0.410 e. The van der Waals surface area contributed by atoms with E-state index in [1.54, 1.807) is 17.0 Å². The minimum absolute atomic E-state index is 0.158. The second-order valence-corrected chi connectivity index (χ2v) is 10.0. The number of nitrogens with zero attached hydrogens (tertiary/aromatic N) is 3. The highest BCUT2D eigenvalue weighted by molar-refractivity contribution is 5.68. The number of carbonyl (C=O) groups excluding carboxylic acids is 1. The predicted octanol–water partition coefficient (Wildman–Crippen LogP) is 4.11. The van der Waals surface area contributed by atoms with Gasteiger partial charge in [0.2, 0.25) is 0 Å². The van der Waals surface area contributed by atoms with Gasteiger partial charge in [-0.1, -0.05) is 24.3 Å². The Hall–Kier alpha value is -2.55. The van der Waals surface area contributed by atoms with Crippen molar-refractivity contribution in [2.75, 3.05) is 52.4 Å². The van der Waals surface area contributed by atoms with Crippen molar-refractivity contribution >= 4 is 6.09 Å². The van der Waals surface area contributed by atoms with E-state index in [4.69, 9.17) is 4.74 Å². The average molecular weight is 489 g/mol. The topological polar surface area (TPSA) is 48.1 Å². The summed E-state index contributed by atoms with van der Waals surface area (Å²) in [7, 11) is 0. The fraction of sp³-hybridized carbons (Fsp3) is 0.519. The first-order valence-electron chi connectivity index (χ1n) is 12.3. The molecule has 8 heteroatoms. The van der Waals surface area contributed by atoms with Crippen molar-refractivity contribution in [3.05, 3.63) is 71.3 Å². The molecule has 2 aromatic carbocycles. The zero-order chi connectivity index (χ0) is 25.3. The van der Waals surface area contributed by atoms with Crippen LogP contribution in [-0.2, 0) is 17.8 Å². The van der Waals surface area contributed by atoms with Crippen LogP contribution >= 0.6 is 0 Å². The van der Waals surface area contributed by atoms with Crippen molar-refractivity contribution in [1.82, 2.24) is 20.0 Å². The molecule has 35 heavy (non-hydrogen) atoms. The van der Waals surface area contributed by atoms with Gasteiger partial charge in [-0.15, -0.1) is 0 Å². The zero-order valence-electron chi connectivity index (χ0n) is 21.1. The van der Waals surface area contributed by atoms with Crippen LogP contribution in [0.3, 0.4) is 0 Å². The lowest BCUT2D eigenvalue weighted by atomic mass is 10.2. The minimum Gasteiger partial charge on any atom is -0.444 e. The van der Waals surface area contributed by atoms with E-state index < -0.39 is 5.60 Å². The number of nitrogens with one attached hydrogen (secondary N) is 1. The molecule has 1 N–H and O–H groups in total. The molecule has 0 saturated carbocycles. The number of rotatable bonds is 4. The molecular weight excluding hydrogens is 450 g/mol. The number of benzene rings is 2. The lowest BCUT2D eigenvalue weighted by Gasteiger charge is -2.35. The summed E-state index contributed by atoms with van der Waals surface area (Å²) < 4.78 is 30.9. The first-order valence-corrected chi connectivity index (χ1v) is 12.3. The summed E-state index contributed by atoms with van der Waals surface area (Å²) in [6.07, 6.45) is -0.246. The van der Waals surface area contributed by atoms with Crippen LogP contribution in [0.4, 0.5) is 13.6 Å². The van der Waals surface area contributed by atoms with Crippen LogP contribution in [-0.4, -0.2) is 78.8 Å². The quantitative estimate of drug-likeness (QED) is 0.702. The number of ether oxygens (including phenoxy) is 1. The normalized spacial score (nSPS) is 17.5. The highest BCUT2D eigenvalue weighted by atomic mass is 19.1. The molecule has 0 aliphatic carbocycles. The molecule has 0 atom stereocenters. The lowest BCUT2D eigenvalue weighted by molar-refractivity contribution is 0.0139. The molecular formula is C27H38F2N4O2. The van der Waals surface area contributed by atoms with Gasteiger partial charge in [-0.05, 0) is 56.2 Å². The number of piperazine rings is 2. The van der Waals surface area contributed by atoms with Gasteiger partial charge in [0.05, 0.1) is 0 Å². The van der Waals surface area contributed by atoms with Crippen LogP contribution in [0.15, 0.2) is 48.5 Å². The number of hydrogen-bond acceptors (Lipinski definition) is 5. The SMILES string of the molecule is CC(C)(C)OC(=O)N1CCN(Cc2ccc(F)cc2)CC1.Fc1ccc(CN2CCNCC2)cc1. The number of hydrogen-bond donors (Lipinski definition) is 1. The van der Waals surface area contributed by atoms with Crippen molar-refractivity contribution < 1.29 is 18.3 Å². The molecule has 2 aliphatic heterocycles. The van der Waals surface area contributed by atoms with E-state index in [0.717, 1.165) is 57.9 Å². The third-order valence-electron chi connectivity index (χ3n) is 5.87. The van der Waals surface area contributed by atoms with Crippen molar-refractivity contribution in [2.24, 2.45) is 0 Å². The third-order valence-corrected chi connectivity index (χ3v) is 5.87. The van der Waals surface area contributed by atoms with Gasteiger partial charge in [-0.3, -0.25) is 9.80 Å². The van der Waals surface area contributed by atoms with Gasteiger partial charge in [0, 0.05) is 65.4 Å². The van der Waals surface area contributed by atoms with E-state index in [1.165, 1.54) is 29.8 Å². The second-order valence-electron chi connectivity index (χ2n) is 10.0. The Kier molecular flexibility index (Phi) is 10.0. The summed E-state index contributed by atoms with van der Waals surface area (Å²) in [4.78, 5) is 18.3. The van der Waals surface area contributed by atoms with Crippen LogP contribution in [0.5, 0.6) is 0 Å². The van der Waals surface area contributed by atoms with Crippen LogP contribution in [0.2, 0.25) is 0 Å². The van der Waals surface area contributed by atoms with E-state index in [2.05, 4.69) is 15.1 Å². The fourth-order valence-corrected chi connectivity index (χ4v) is 3.98. The van der Waals surface area contributed by atoms with Gasteiger partial charge < -0.3 is 15.0 Å². The number of halogens is 2. The van der Waals surface area contributed by atoms with E-state index >= 15 is 0 Å². The van der Waals surface area contributed by atoms with E-state index in [-0.39, 0.29) is 17.7 Å². The Morgan fingerprint density at radius 3 is 1.63 bits per heavy atom. The molecule has 0 bridgehead atoms. The lowest BCUT2D eigenvalue weighted by Crippen LogP contribution is -2.49. The van der Waals surface area contributed by atoms with Gasteiger partial charge >= 0.3 is 6.09 Å². The summed E-state index contributed by atoms with van der Waals surface area (Å²) in [5.41, 5.74) is 1.82. The van der Waals surface area contributed by atoms with Crippen LogP contribution in [0.1, 0.15) is 31.9 Å². The molecule has 2 aliphatic rings. The molecule has 2 fully saturated rings. The van der Waals surface area contributed by atoms with Gasteiger partial charge in [0.25, 0.3) is 0 Å². The van der Waals surface area contributed by atoms with Gasteiger partial charge in [0.1, 0.15) is 17.2 Å². The molecule has 0 unspecified atom stereocenters. The monoisotopic (exact) mass is 488 g/mol. The summed E-state index contributed by atoms with van der Waals surface area (Å²) in [6, 6.07) is 13.3. The molecule has 4 rings (SSSR count). The van der Waals surface area contributed by atoms with Gasteiger partial charge in [-0.25, -0.2) is 13.6 Å². The maximum Gasteiger partial charge on any atom is 0.410 e. The highest BCUT2D eigenvalue weighted by Crippen LogP contribution is 2.14. The molecule has 0 spiro atoms. The predicted molar refractivity (Wildman–Crippen MR) is 134 cm³/mol. The third kappa shape index (κ3) is 9.92. The zero-order valence-corrected chi connectivity index (χ0v) is 21.1. The first-order chi connectivity index (χ1) is 16.7. The molecule has 0 radical (unpaired) electrons. The molecule has 2 aromatic rings. The van der Waals surface area contributed by atoms with Crippen LogP contribution < -0.4 is 5.32 Å². The maximum absolute atomic E-state index is 12.9. The Morgan fingerprint density at radius 2 is 1.20 bits per heavy atom. The summed E-state index contributed by atoms with van der Waals surface area (Å²) in [5.74, 6) is -0.373. The van der Waals surface area contributed by atoms with E-state index in [9.17, 15) is 13.6 Å². The van der Waals surface area contributed by atoms with Crippen molar-refractivity contribution in [2.45, 2.75) is 39.5 Å². The Morgan fingerprint density at radius 1 is 0.771 bits per heavy atom. The Bertz CT molecular complexity index is 902. The summed E-state index contributed by atoms with van der Waals surface area (Å²) in [6.45, 7) is 14.5. The maximum atomic E-state index is 12.9. The van der Waals surface area contributed by atoms with Crippen molar-refractivity contribution in [1.29, 1.82) is 0 Å². The molecule has 2 saturated heterocycles. The van der Waals surface area contributed by atoms with Crippen molar-refractivity contribution in [3.63, 3.8) is 0 Å². The largest absolute Gasteiger partial charge is 0.444 e. The van der Waals surface area contributed by atoms with Gasteiger partial charge in [0.15, 0.2) is 0 Å². The molecule has 192 valence electrons. The first kappa shape index (κ1) is 27.0. The Labute approximate surface area is 207 Å².